The van der Waals surface area contributed by atoms with Gasteiger partial charge in [-0.15, -0.1) is 0 Å². The monoisotopic (exact) mass is 256 g/mol. The number of nitrogens with zero attached hydrogens (tertiary/aromatic N) is 1. The summed E-state index contributed by atoms with van der Waals surface area (Å²) in [6, 6.07) is 0.511. The van der Waals surface area contributed by atoms with Crippen LogP contribution in [-0.2, 0) is 4.74 Å². The van der Waals surface area contributed by atoms with E-state index in [0.717, 1.165) is 13.0 Å². The van der Waals surface area contributed by atoms with Crippen molar-refractivity contribution in [2.24, 2.45) is 11.1 Å². The number of nitrogens with two attached hydrogens (primary N) is 1. The molecular formula is C15H32N2O. The van der Waals surface area contributed by atoms with Gasteiger partial charge in [-0.25, -0.2) is 0 Å². The Balaban J connectivity index is 2.86. The normalized spacial score (nSPS) is 31.7. The second-order valence-electron chi connectivity index (χ2n) is 7.04. The largest absolute Gasteiger partial charge is 0.381 e. The zero-order valence-corrected chi connectivity index (χ0v) is 13.1. The van der Waals surface area contributed by atoms with Crippen LogP contribution < -0.4 is 5.73 Å². The predicted octanol–water partition coefficient (Wildman–Crippen LogP) is 2.64. The maximum Gasteiger partial charge on any atom is 0.0589 e. The first-order chi connectivity index (χ1) is 8.27. The number of hydrogen-bond donors (Lipinski definition) is 1. The molecule has 3 unspecified atom stereocenters. The van der Waals surface area contributed by atoms with Crippen molar-refractivity contribution in [3.63, 3.8) is 0 Å². The third-order valence-electron chi connectivity index (χ3n) is 5.07. The average Bonchev–Trinajstić information content (AvgIpc) is 2.35. The Morgan fingerprint density at radius 3 is 2.50 bits per heavy atom. The molecule has 18 heavy (non-hydrogen) atoms. The SMILES string of the molecule is COC1CCCC(CN)(N(C)C(C)C(C)(C)C)C1. The second-order valence-corrected chi connectivity index (χ2v) is 7.04. The molecule has 3 nitrogen and oxygen atoms in total. The molecule has 0 aromatic carbocycles. The smallest absolute Gasteiger partial charge is 0.0589 e. The molecule has 1 fully saturated rings. The first-order valence-electron chi connectivity index (χ1n) is 7.22. The summed E-state index contributed by atoms with van der Waals surface area (Å²) in [4.78, 5) is 2.51. The number of likely N-dealkylation sites (N-methyl/N-ethyl adjacent to an activating group) is 1. The quantitative estimate of drug-likeness (QED) is 0.840. The Bertz CT molecular complexity index is 262. The summed E-state index contributed by atoms with van der Waals surface area (Å²) in [5, 5.41) is 0. The lowest BCUT2D eigenvalue weighted by Gasteiger charge is -2.51. The topological polar surface area (TPSA) is 38.5 Å². The summed E-state index contributed by atoms with van der Waals surface area (Å²) in [5.41, 5.74) is 6.53. The number of methoxy groups -OCH3 is 1. The highest BCUT2D eigenvalue weighted by molar-refractivity contribution is 4.99. The summed E-state index contributed by atoms with van der Waals surface area (Å²) in [5.74, 6) is 0. The van der Waals surface area contributed by atoms with E-state index in [1.807, 2.05) is 7.11 Å². The lowest BCUT2D eigenvalue weighted by Crippen LogP contribution is -2.60. The van der Waals surface area contributed by atoms with Crippen LogP contribution in [0.4, 0.5) is 0 Å². The van der Waals surface area contributed by atoms with Gasteiger partial charge in [0.05, 0.1) is 6.10 Å². The minimum Gasteiger partial charge on any atom is -0.381 e. The molecule has 1 saturated carbocycles. The molecule has 0 saturated heterocycles. The van der Waals surface area contributed by atoms with E-state index < -0.39 is 0 Å². The van der Waals surface area contributed by atoms with E-state index in [1.54, 1.807) is 0 Å². The Kier molecular flexibility index (Phi) is 5.22. The van der Waals surface area contributed by atoms with E-state index in [4.69, 9.17) is 10.5 Å². The summed E-state index contributed by atoms with van der Waals surface area (Å²) in [7, 11) is 4.06. The third kappa shape index (κ3) is 3.25. The van der Waals surface area contributed by atoms with Crippen LogP contribution in [0, 0.1) is 5.41 Å². The first kappa shape index (κ1) is 15.9. The Hall–Kier alpha value is -0.120. The van der Waals surface area contributed by atoms with E-state index in [0.29, 0.717) is 12.1 Å². The first-order valence-corrected chi connectivity index (χ1v) is 7.22. The van der Waals surface area contributed by atoms with Crippen molar-refractivity contribution >= 4 is 0 Å². The molecule has 0 aromatic rings. The Labute approximate surface area is 113 Å². The summed E-state index contributed by atoms with van der Waals surface area (Å²) >= 11 is 0. The van der Waals surface area contributed by atoms with Gasteiger partial charge in [-0.05, 0) is 45.1 Å². The molecule has 0 aliphatic heterocycles. The second kappa shape index (κ2) is 5.89. The van der Waals surface area contributed by atoms with Crippen LogP contribution in [0.15, 0.2) is 0 Å². The molecule has 1 rings (SSSR count). The fourth-order valence-corrected chi connectivity index (χ4v) is 3.13. The molecule has 0 radical (unpaired) electrons. The van der Waals surface area contributed by atoms with Gasteiger partial charge in [-0.2, -0.15) is 0 Å². The average molecular weight is 256 g/mol. The van der Waals surface area contributed by atoms with E-state index in [2.05, 4.69) is 39.6 Å². The maximum atomic E-state index is 6.14. The van der Waals surface area contributed by atoms with E-state index in [-0.39, 0.29) is 11.0 Å². The summed E-state index contributed by atoms with van der Waals surface area (Å²) in [6.07, 6.45) is 5.03. The summed E-state index contributed by atoms with van der Waals surface area (Å²) in [6.45, 7) is 9.94. The molecule has 3 heteroatoms. The molecule has 1 aliphatic rings. The summed E-state index contributed by atoms with van der Waals surface area (Å²) < 4.78 is 5.58. The highest BCUT2D eigenvalue weighted by Gasteiger charge is 2.42. The number of ether oxygens (including phenoxy) is 1. The van der Waals surface area contributed by atoms with Crippen LogP contribution in [0.3, 0.4) is 0 Å². The molecule has 0 heterocycles. The van der Waals surface area contributed by atoms with E-state index in [9.17, 15) is 0 Å². The van der Waals surface area contributed by atoms with Gasteiger partial charge < -0.3 is 10.5 Å². The van der Waals surface area contributed by atoms with Crippen molar-refractivity contribution in [1.82, 2.24) is 4.90 Å². The molecule has 0 aromatic heterocycles. The van der Waals surface area contributed by atoms with Gasteiger partial charge in [0.2, 0.25) is 0 Å². The molecule has 108 valence electrons. The maximum absolute atomic E-state index is 6.14. The van der Waals surface area contributed by atoms with Gasteiger partial charge in [0, 0.05) is 25.2 Å². The number of rotatable bonds is 4. The fraction of sp³-hybridized carbons (Fsp3) is 1.00. The van der Waals surface area contributed by atoms with Crippen LogP contribution in [0.1, 0.15) is 53.4 Å². The van der Waals surface area contributed by atoms with Crippen molar-refractivity contribution in [1.29, 1.82) is 0 Å². The fourth-order valence-electron chi connectivity index (χ4n) is 3.13. The third-order valence-corrected chi connectivity index (χ3v) is 5.07. The highest BCUT2D eigenvalue weighted by Crippen LogP contribution is 2.37. The molecule has 0 amide bonds. The van der Waals surface area contributed by atoms with Crippen LogP contribution in [0.5, 0.6) is 0 Å². The number of hydrogen-bond acceptors (Lipinski definition) is 3. The van der Waals surface area contributed by atoms with Crippen molar-refractivity contribution in [3.05, 3.63) is 0 Å². The minimum atomic E-state index is 0.117. The van der Waals surface area contributed by atoms with E-state index in [1.165, 1.54) is 19.3 Å². The van der Waals surface area contributed by atoms with Crippen molar-refractivity contribution in [2.75, 3.05) is 20.7 Å². The molecule has 1 aliphatic carbocycles. The van der Waals surface area contributed by atoms with Gasteiger partial charge in [0.25, 0.3) is 0 Å². The standard InChI is InChI=1S/C15H32N2O/c1-12(14(2,3)4)17(5)15(11-16)9-7-8-13(10-15)18-6/h12-13H,7-11,16H2,1-6H3. The van der Waals surface area contributed by atoms with Gasteiger partial charge in [-0.1, -0.05) is 20.8 Å². The molecular weight excluding hydrogens is 224 g/mol. The predicted molar refractivity (Wildman–Crippen MR) is 77.7 cm³/mol. The van der Waals surface area contributed by atoms with Crippen LogP contribution >= 0.6 is 0 Å². The lowest BCUT2D eigenvalue weighted by molar-refractivity contribution is -0.0435. The van der Waals surface area contributed by atoms with Crippen LogP contribution in [0.2, 0.25) is 0 Å². The van der Waals surface area contributed by atoms with Crippen molar-refractivity contribution in [2.45, 2.75) is 71.1 Å². The molecule has 3 atom stereocenters. The van der Waals surface area contributed by atoms with Gasteiger partial charge in [0.1, 0.15) is 0 Å². The zero-order valence-electron chi connectivity index (χ0n) is 13.1. The van der Waals surface area contributed by atoms with Crippen molar-refractivity contribution < 1.29 is 4.74 Å². The van der Waals surface area contributed by atoms with Crippen LogP contribution in [0.25, 0.3) is 0 Å². The molecule has 0 bridgehead atoms. The highest BCUT2D eigenvalue weighted by atomic mass is 16.5. The Morgan fingerprint density at radius 2 is 2.06 bits per heavy atom. The Morgan fingerprint density at radius 1 is 1.44 bits per heavy atom. The van der Waals surface area contributed by atoms with Crippen molar-refractivity contribution in [3.8, 4) is 0 Å². The molecule has 0 spiro atoms. The zero-order chi connectivity index (χ0) is 14.0. The minimum absolute atomic E-state index is 0.117. The molecule has 2 N–H and O–H groups in total. The van der Waals surface area contributed by atoms with Gasteiger partial charge >= 0.3 is 0 Å². The van der Waals surface area contributed by atoms with Gasteiger partial charge in [0.15, 0.2) is 0 Å². The van der Waals surface area contributed by atoms with Crippen LogP contribution in [-0.4, -0.2) is 43.3 Å². The van der Waals surface area contributed by atoms with Gasteiger partial charge in [-0.3, -0.25) is 4.90 Å². The van der Waals surface area contributed by atoms with E-state index >= 15 is 0 Å². The lowest BCUT2D eigenvalue weighted by atomic mass is 9.76.